The molecule has 0 N–H and O–H groups in total. The molecule has 0 saturated carbocycles. The summed E-state index contributed by atoms with van der Waals surface area (Å²) >= 11 is 0. The molecule has 2 rings (SSSR count). The highest BCUT2D eigenvalue weighted by molar-refractivity contribution is 6.04. The summed E-state index contributed by atoms with van der Waals surface area (Å²) in [4.78, 5) is 13.8. The average molecular weight is 255 g/mol. The predicted molar refractivity (Wildman–Crippen MR) is 77.6 cm³/mol. The molecule has 0 saturated heterocycles. The molecule has 0 amide bonds. The summed E-state index contributed by atoms with van der Waals surface area (Å²) in [6.45, 7) is 1.82. The molecule has 3 heteroatoms. The van der Waals surface area contributed by atoms with Gasteiger partial charge < -0.3 is 9.32 Å². The van der Waals surface area contributed by atoms with E-state index in [1.54, 1.807) is 18.2 Å². The Bertz CT molecular complexity index is 591. The van der Waals surface area contributed by atoms with Crippen LogP contribution in [0.3, 0.4) is 0 Å². The first kappa shape index (κ1) is 13.1. The minimum atomic E-state index is -0.121. The van der Waals surface area contributed by atoms with Gasteiger partial charge >= 0.3 is 0 Å². The number of carbonyl (C=O) groups is 1. The zero-order valence-electron chi connectivity index (χ0n) is 11.4. The van der Waals surface area contributed by atoms with E-state index in [0.29, 0.717) is 5.76 Å². The molecule has 0 bridgehead atoms. The van der Waals surface area contributed by atoms with Crippen LogP contribution in [0, 0.1) is 6.92 Å². The quantitative estimate of drug-likeness (QED) is 0.619. The average Bonchev–Trinajstić information content (AvgIpc) is 2.83. The van der Waals surface area contributed by atoms with Crippen molar-refractivity contribution in [1.29, 1.82) is 0 Å². The molecule has 19 heavy (non-hydrogen) atoms. The Morgan fingerprint density at radius 1 is 1.11 bits per heavy atom. The van der Waals surface area contributed by atoms with Crippen molar-refractivity contribution in [3.63, 3.8) is 0 Å². The van der Waals surface area contributed by atoms with E-state index in [0.717, 1.165) is 17.0 Å². The third-order valence-electron chi connectivity index (χ3n) is 2.82. The lowest BCUT2D eigenvalue weighted by atomic mass is 10.1. The molecular weight excluding hydrogens is 238 g/mol. The van der Waals surface area contributed by atoms with Crippen molar-refractivity contribution < 1.29 is 9.21 Å². The van der Waals surface area contributed by atoms with E-state index < -0.39 is 0 Å². The molecule has 0 spiro atoms. The highest BCUT2D eigenvalue weighted by Gasteiger charge is 2.05. The summed E-state index contributed by atoms with van der Waals surface area (Å²) in [6, 6.07) is 11.5. The fraction of sp³-hybridized carbons (Fsp3) is 0.188. The van der Waals surface area contributed by atoms with Crippen LogP contribution in [-0.2, 0) is 0 Å². The van der Waals surface area contributed by atoms with Crippen LogP contribution < -0.4 is 4.90 Å². The summed E-state index contributed by atoms with van der Waals surface area (Å²) in [7, 11) is 3.99. The van der Waals surface area contributed by atoms with Crippen molar-refractivity contribution in [3.05, 3.63) is 59.6 Å². The largest absolute Gasteiger partial charge is 0.458 e. The van der Waals surface area contributed by atoms with E-state index in [2.05, 4.69) is 0 Å². The van der Waals surface area contributed by atoms with Crippen LogP contribution in [0.5, 0.6) is 0 Å². The lowest BCUT2D eigenvalue weighted by molar-refractivity contribution is 0.102. The smallest absolute Gasteiger partial charge is 0.221 e. The second-order valence-corrected chi connectivity index (χ2v) is 4.59. The van der Waals surface area contributed by atoms with Gasteiger partial charge in [0.15, 0.2) is 5.76 Å². The van der Waals surface area contributed by atoms with Gasteiger partial charge in [0.2, 0.25) is 5.78 Å². The second-order valence-electron chi connectivity index (χ2n) is 4.59. The van der Waals surface area contributed by atoms with Crippen LogP contribution in [0.2, 0.25) is 0 Å². The highest BCUT2D eigenvalue weighted by Crippen LogP contribution is 2.14. The summed E-state index contributed by atoms with van der Waals surface area (Å²) in [6.07, 6.45) is 3.32. The molecule has 0 unspecified atom stereocenters. The van der Waals surface area contributed by atoms with Gasteiger partial charge in [-0.1, -0.05) is 18.2 Å². The van der Waals surface area contributed by atoms with Crippen LogP contribution in [0.15, 0.2) is 46.9 Å². The van der Waals surface area contributed by atoms with E-state index in [-0.39, 0.29) is 5.78 Å². The van der Waals surface area contributed by atoms with Crippen LogP contribution >= 0.6 is 0 Å². The molecule has 1 aromatic heterocycles. The van der Waals surface area contributed by atoms with E-state index in [9.17, 15) is 4.79 Å². The number of rotatable bonds is 4. The highest BCUT2D eigenvalue weighted by atomic mass is 16.3. The van der Waals surface area contributed by atoms with Crippen LogP contribution in [0.25, 0.3) is 6.08 Å². The molecule has 0 aliphatic carbocycles. The third-order valence-corrected chi connectivity index (χ3v) is 2.82. The first-order valence-electron chi connectivity index (χ1n) is 6.12. The van der Waals surface area contributed by atoms with Gasteiger partial charge in [0.25, 0.3) is 0 Å². The van der Waals surface area contributed by atoms with Crippen molar-refractivity contribution in [2.75, 3.05) is 19.0 Å². The fourth-order valence-electron chi connectivity index (χ4n) is 1.70. The number of benzene rings is 1. The summed E-state index contributed by atoms with van der Waals surface area (Å²) in [5.74, 6) is 0.996. The van der Waals surface area contributed by atoms with Crippen molar-refractivity contribution in [3.8, 4) is 0 Å². The Labute approximate surface area is 113 Å². The summed E-state index contributed by atoms with van der Waals surface area (Å²) < 4.78 is 5.28. The van der Waals surface area contributed by atoms with E-state index in [1.165, 1.54) is 6.08 Å². The van der Waals surface area contributed by atoms with Crippen LogP contribution in [-0.4, -0.2) is 19.9 Å². The van der Waals surface area contributed by atoms with Crippen molar-refractivity contribution in [2.24, 2.45) is 0 Å². The van der Waals surface area contributed by atoms with Gasteiger partial charge in [0.05, 0.1) is 0 Å². The van der Waals surface area contributed by atoms with Gasteiger partial charge in [-0.05, 0) is 42.8 Å². The first-order valence-corrected chi connectivity index (χ1v) is 6.12. The number of carbonyl (C=O) groups excluding carboxylic acids is 1. The third kappa shape index (κ3) is 3.35. The molecule has 98 valence electrons. The van der Waals surface area contributed by atoms with Gasteiger partial charge in [0.1, 0.15) is 5.76 Å². The number of hydrogen-bond acceptors (Lipinski definition) is 3. The predicted octanol–water partition coefficient (Wildman–Crippen LogP) is 3.55. The Morgan fingerprint density at radius 3 is 2.32 bits per heavy atom. The number of aryl methyl sites for hydroxylation is 1. The first-order chi connectivity index (χ1) is 9.06. The van der Waals surface area contributed by atoms with Gasteiger partial charge in [-0.2, -0.15) is 0 Å². The standard InChI is InChI=1S/C16H17NO2/c1-12-4-11-16(19-12)15(18)10-7-13-5-8-14(9-6-13)17(2)3/h4-11H,1-3H3/b10-7+. The van der Waals surface area contributed by atoms with Crippen molar-refractivity contribution in [2.45, 2.75) is 6.92 Å². The molecule has 0 radical (unpaired) electrons. The molecule has 3 nitrogen and oxygen atoms in total. The van der Waals surface area contributed by atoms with E-state index >= 15 is 0 Å². The summed E-state index contributed by atoms with van der Waals surface area (Å²) in [5, 5.41) is 0. The van der Waals surface area contributed by atoms with Gasteiger partial charge in [-0.15, -0.1) is 0 Å². The lowest BCUT2D eigenvalue weighted by Gasteiger charge is -2.11. The Balaban J connectivity index is 2.08. The number of hydrogen-bond donors (Lipinski definition) is 0. The van der Waals surface area contributed by atoms with Crippen LogP contribution in [0.4, 0.5) is 5.69 Å². The molecule has 0 aliphatic heterocycles. The second kappa shape index (κ2) is 5.57. The van der Waals surface area contributed by atoms with Gasteiger partial charge in [-0.3, -0.25) is 4.79 Å². The maximum atomic E-state index is 11.8. The summed E-state index contributed by atoms with van der Waals surface area (Å²) in [5.41, 5.74) is 2.12. The van der Waals surface area contributed by atoms with Crippen LogP contribution in [0.1, 0.15) is 21.9 Å². The number of anilines is 1. The minimum absolute atomic E-state index is 0.121. The lowest BCUT2D eigenvalue weighted by Crippen LogP contribution is -2.07. The maximum absolute atomic E-state index is 11.8. The molecule has 0 fully saturated rings. The monoisotopic (exact) mass is 255 g/mol. The number of nitrogens with zero attached hydrogens (tertiary/aromatic N) is 1. The minimum Gasteiger partial charge on any atom is -0.458 e. The molecule has 0 atom stereocenters. The normalized spacial score (nSPS) is 10.9. The Kier molecular flexibility index (Phi) is 3.85. The molecule has 1 heterocycles. The van der Waals surface area contributed by atoms with Crippen molar-refractivity contribution >= 4 is 17.5 Å². The number of furan rings is 1. The van der Waals surface area contributed by atoms with E-state index in [1.807, 2.05) is 50.2 Å². The molecule has 0 aliphatic rings. The van der Waals surface area contributed by atoms with Crippen molar-refractivity contribution in [1.82, 2.24) is 0 Å². The SMILES string of the molecule is Cc1ccc(C(=O)/C=C/c2ccc(N(C)C)cc2)o1. The maximum Gasteiger partial charge on any atom is 0.221 e. The van der Waals surface area contributed by atoms with Gasteiger partial charge in [-0.25, -0.2) is 0 Å². The Morgan fingerprint density at radius 2 is 1.79 bits per heavy atom. The van der Waals surface area contributed by atoms with Gasteiger partial charge in [0, 0.05) is 19.8 Å². The zero-order chi connectivity index (χ0) is 13.8. The number of allylic oxidation sites excluding steroid dienone is 1. The Hall–Kier alpha value is -2.29. The zero-order valence-corrected chi connectivity index (χ0v) is 11.4. The molecule has 1 aromatic carbocycles. The molecule has 2 aromatic rings. The molecular formula is C16H17NO2. The van der Waals surface area contributed by atoms with E-state index in [4.69, 9.17) is 4.42 Å². The topological polar surface area (TPSA) is 33.5 Å². The fourth-order valence-corrected chi connectivity index (χ4v) is 1.70. The number of ketones is 1.